The number of halogens is 11. The highest BCUT2D eigenvalue weighted by atomic mass is 35.5. The molecule has 0 radical (unpaired) electrons. The fourth-order valence-corrected chi connectivity index (χ4v) is 1.79. The predicted molar refractivity (Wildman–Crippen MR) is 58.0 cm³/mol. The van der Waals surface area contributed by atoms with Crippen molar-refractivity contribution in [3.8, 4) is 0 Å². The number of hydrogen-bond acceptors (Lipinski definition) is 2. The van der Waals surface area contributed by atoms with E-state index in [-0.39, 0.29) is 4.90 Å². The maximum Gasteiger partial charge on any atom is 0.393 e. The molecule has 3 nitrogen and oxygen atoms in total. The first-order valence-electron chi connectivity index (χ1n) is 5.97. The first-order chi connectivity index (χ1) is 10.5. The van der Waals surface area contributed by atoms with Gasteiger partial charge in [0.2, 0.25) is 0 Å². The molecule has 0 aromatic heterocycles. The average Bonchev–Trinajstić information content (AvgIpc) is 2.45. The zero-order chi connectivity index (χ0) is 19.2. The van der Waals surface area contributed by atoms with Crippen LogP contribution in [0.3, 0.4) is 0 Å². The number of carbonyl (C=O) groups excluding carboxylic acids is 1. The van der Waals surface area contributed by atoms with Crippen molar-refractivity contribution >= 4 is 17.5 Å². The molecule has 0 aromatic rings. The van der Waals surface area contributed by atoms with Gasteiger partial charge in [0.25, 0.3) is 5.91 Å². The molecular weight excluding hydrogens is 392 g/mol. The number of nitrogens with zero attached hydrogens (tertiary/aromatic N) is 1. The van der Waals surface area contributed by atoms with Gasteiger partial charge >= 0.3 is 29.1 Å². The summed E-state index contributed by atoms with van der Waals surface area (Å²) < 4.78 is 135. The quantitative estimate of drug-likeness (QED) is 0.525. The summed E-state index contributed by atoms with van der Waals surface area (Å²) in [6.07, 6.45) is 0. The van der Waals surface area contributed by atoms with Crippen LogP contribution >= 0.6 is 11.6 Å². The van der Waals surface area contributed by atoms with Gasteiger partial charge in [0.15, 0.2) is 0 Å². The number of amides is 1. The minimum absolute atomic E-state index is 0.0372. The lowest BCUT2D eigenvalue weighted by Crippen LogP contribution is -2.69. The predicted octanol–water partition coefficient (Wildman–Crippen LogP) is 3.22. The molecule has 0 aliphatic carbocycles. The van der Waals surface area contributed by atoms with E-state index in [9.17, 15) is 48.7 Å². The lowest BCUT2D eigenvalue weighted by atomic mass is 9.97. The topological polar surface area (TPSA) is 29.5 Å². The first-order valence-corrected chi connectivity index (χ1v) is 6.34. The molecule has 0 spiro atoms. The summed E-state index contributed by atoms with van der Waals surface area (Å²) in [5.41, 5.74) is 0. The van der Waals surface area contributed by atoms with Gasteiger partial charge in [-0.1, -0.05) is 0 Å². The largest absolute Gasteiger partial charge is 0.393 e. The molecule has 0 aromatic carbocycles. The molecule has 0 unspecified atom stereocenters. The summed E-state index contributed by atoms with van der Waals surface area (Å²) in [6, 6.07) is 0. The van der Waals surface area contributed by atoms with Crippen molar-refractivity contribution in [2.24, 2.45) is 0 Å². The van der Waals surface area contributed by atoms with E-state index in [4.69, 9.17) is 0 Å². The molecule has 24 heavy (non-hydrogen) atoms. The molecule has 1 rings (SSSR count). The molecule has 1 fully saturated rings. The number of hydrogen-bond donors (Lipinski definition) is 0. The van der Waals surface area contributed by atoms with E-state index in [1.807, 2.05) is 0 Å². The SMILES string of the molecule is O=C(N1CCOCC1)C(F)(F)C(F)(F)C(F)(F)C(F)(F)C(F)(F)Cl. The number of morpholine rings is 1. The van der Waals surface area contributed by atoms with E-state index in [0.717, 1.165) is 0 Å². The molecule has 1 aliphatic heterocycles. The Morgan fingerprint density at radius 1 is 0.792 bits per heavy atom. The summed E-state index contributed by atoms with van der Waals surface area (Å²) in [6.45, 7) is -2.23. The molecular formula is C10H8ClF10NO2. The highest BCUT2D eigenvalue weighted by Gasteiger charge is 2.87. The van der Waals surface area contributed by atoms with Gasteiger partial charge in [0, 0.05) is 13.1 Å². The van der Waals surface area contributed by atoms with Crippen LogP contribution in [0.25, 0.3) is 0 Å². The van der Waals surface area contributed by atoms with Gasteiger partial charge in [-0.2, -0.15) is 43.9 Å². The lowest BCUT2D eigenvalue weighted by molar-refractivity contribution is -0.383. The van der Waals surface area contributed by atoms with Crippen LogP contribution in [-0.4, -0.2) is 66.2 Å². The van der Waals surface area contributed by atoms with Crippen LogP contribution in [0.2, 0.25) is 0 Å². The Bertz CT molecular complexity index is 487. The van der Waals surface area contributed by atoms with Gasteiger partial charge in [0.1, 0.15) is 0 Å². The third-order valence-corrected chi connectivity index (χ3v) is 3.34. The molecule has 1 aliphatic rings. The van der Waals surface area contributed by atoms with Crippen LogP contribution in [0, 0.1) is 0 Å². The third-order valence-electron chi connectivity index (χ3n) is 3.11. The molecule has 1 heterocycles. The van der Waals surface area contributed by atoms with Crippen LogP contribution in [0.1, 0.15) is 0 Å². The van der Waals surface area contributed by atoms with Crippen molar-refractivity contribution < 1.29 is 53.4 Å². The van der Waals surface area contributed by atoms with E-state index in [2.05, 4.69) is 16.3 Å². The van der Waals surface area contributed by atoms with E-state index >= 15 is 0 Å². The molecule has 1 saturated heterocycles. The maximum atomic E-state index is 13.5. The van der Waals surface area contributed by atoms with E-state index < -0.39 is 61.3 Å². The Hall–Kier alpha value is -0.980. The Balaban J connectivity index is 3.26. The van der Waals surface area contributed by atoms with Crippen LogP contribution < -0.4 is 0 Å². The summed E-state index contributed by atoms with van der Waals surface area (Å²) in [4.78, 5) is 11.3. The zero-order valence-electron chi connectivity index (χ0n) is 11.2. The van der Waals surface area contributed by atoms with Gasteiger partial charge in [0.05, 0.1) is 13.2 Å². The molecule has 142 valence electrons. The van der Waals surface area contributed by atoms with Crippen LogP contribution in [0.15, 0.2) is 0 Å². The number of carbonyl (C=O) groups is 1. The molecule has 1 amide bonds. The highest BCUT2D eigenvalue weighted by Crippen LogP contribution is 2.58. The molecule has 0 atom stereocenters. The number of ether oxygens (including phenoxy) is 1. The number of rotatable bonds is 5. The van der Waals surface area contributed by atoms with Gasteiger partial charge in [-0.25, -0.2) is 0 Å². The van der Waals surface area contributed by atoms with Gasteiger partial charge in [-0.05, 0) is 11.6 Å². The minimum Gasteiger partial charge on any atom is -0.378 e. The fourth-order valence-electron chi connectivity index (χ4n) is 1.67. The normalized spacial score (nSPS) is 18.7. The van der Waals surface area contributed by atoms with Crippen molar-refractivity contribution in [1.29, 1.82) is 0 Å². The maximum absolute atomic E-state index is 13.5. The van der Waals surface area contributed by atoms with Crippen LogP contribution in [0.5, 0.6) is 0 Å². The van der Waals surface area contributed by atoms with E-state index in [0.29, 0.717) is 0 Å². The van der Waals surface area contributed by atoms with Crippen molar-refractivity contribution in [1.82, 2.24) is 4.90 Å². The third kappa shape index (κ3) is 3.00. The minimum atomic E-state index is -7.34. The Morgan fingerprint density at radius 2 is 1.21 bits per heavy atom. The van der Waals surface area contributed by atoms with Crippen molar-refractivity contribution in [3.63, 3.8) is 0 Å². The summed E-state index contributed by atoms with van der Waals surface area (Å²) >= 11 is 3.64. The van der Waals surface area contributed by atoms with Gasteiger partial charge in [-0.15, -0.1) is 0 Å². The van der Waals surface area contributed by atoms with Gasteiger partial charge < -0.3 is 9.64 Å². The Kier molecular flexibility index (Phi) is 5.33. The standard InChI is InChI=1S/C10H8ClF10NO2/c11-10(20,21)9(18,19)8(16,17)7(14,15)6(12,13)5(23)22-1-3-24-4-2-22/h1-4H2. The summed E-state index contributed by atoms with van der Waals surface area (Å²) in [7, 11) is 0. The molecule has 0 saturated carbocycles. The van der Waals surface area contributed by atoms with Gasteiger partial charge in [-0.3, -0.25) is 4.79 Å². The van der Waals surface area contributed by atoms with E-state index in [1.165, 1.54) is 0 Å². The summed E-state index contributed by atoms with van der Waals surface area (Å²) in [5, 5.41) is -6.28. The average molecular weight is 400 g/mol. The van der Waals surface area contributed by atoms with Crippen molar-refractivity contribution in [3.05, 3.63) is 0 Å². The first kappa shape index (κ1) is 21.1. The lowest BCUT2D eigenvalue weighted by Gasteiger charge is -2.39. The summed E-state index contributed by atoms with van der Waals surface area (Å²) in [5.74, 6) is -30.9. The van der Waals surface area contributed by atoms with Crippen molar-refractivity contribution in [2.75, 3.05) is 26.3 Å². The fraction of sp³-hybridized carbons (Fsp3) is 0.900. The molecule has 14 heteroatoms. The number of alkyl halides is 11. The Morgan fingerprint density at radius 3 is 1.58 bits per heavy atom. The van der Waals surface area contributed by atoms with Crippen molar-refractivity contribution in [2.45, 2.75) is 29.1 Å². The smallest absolute Gasteiger partial charge is 0.378 e. The Labute approximate surface area is 132 Å². The van der Waals surface area contributed by atoms with Crippen LogP contribution in [0.4, 0.5) is 43.9 Å². The highest BCUT2D eigenvalue weighted by molar-refractivity contribution is 6.22. The second-order valence-electron chi connectivity index (χ2n) is 4.70. The second kappa shape index (κ2) is 6.07. The van der Waals surface area contributed by atoms with Crippen LogP contribution in [-0.2, 0) is 9.53 Å². The zero-order valence-corrected chi connectivity index (χ0v) is 12.0. The second-order valence-corrected chi connectivity index (χ2v) is 5.17. The molecule has 0 N–H and O–H groups in total. The molecule has 0 bridgehead atoms. The monoisotopic (exact) mass is 399 g/mol. The van der Waals surface area contributed by atoms with E-state index in [1.54, 1.807) is 0 Å².